The number of rotatable bonds is 13. The van der Waals surface area contributed by atoms with Crippen molar-refractivity contribution < 1.29 is 9.47 Å². The minimum Gasteiger partial charge on any atom is -0.385 e. The van der Waals surface area contributed by atoms with Gasteiger partial charge in [-0.1, -0.05) is 52.4 Å². The van der Waals surface area contributed by atoms with Crippen LogP contribution in [0, 0.1) is 0 Å². The normalized spacial score (nSPS) is 11.3. The monoisotopic (exact) mass is 244 g/mol. The topological polar surface area (TPSA) is 18.5 Å². The van der Waals surface area contributed by atoms with Crippen molar-refractivity contribution in [2.24, 2.45) is 0 Å². The molecule has 2 heteroatoms. The highest BCUT2D eigenvalue weighted by Crippen LogP contribution is 2.14. The summed E-state index contributed by atoms with van der Waals surface area (Å²) in [6, 6.07) is 0. The van der Waals surface area contributed by atoms with Crippen molar-refractivity contribution in [1.29, 1.82) is 0 Å². The summed E-state index contributed by atoms with van der Waals surface area (Å²) in [4.78, 5) is 0. The molecule has 0 N–H and O–H groups in total. The summed E-state index contributed by atoms with van der Waals surface area (Å²) in [5, 5.41) is 0. The lowest BCUT2D eigenvalue weighted by molar-refractivity contribution is 0.0268. The molecule has 0 heterocycles. The van der Waals surface area contributed by atoms with Gasteiger partial charge in [0.05, 0.1) is 6.10 Å². The molecule has 0 saturated carbocycles. The van der Waals surface area contributed by atoms with E-state index in [0.29, 0.717) is 6.10 Å². The second-order valence-corrected chi connectivity index (χ2v) is 4.83. The van der Waals surface area contributed by atoms with Crippen LogP contribution in [0.4, 0.5) is 0 Å². The van der Waals surface area contributed by atoms with Crippen molar-refractivity contribution >= 4 is 0 Å². The van der Waals surface area contributed by atoms with Gasteiger partial charge in [0.2, 0.25) is 0 Å². The highest BCUT2D eigenvalue weighted by atomic mass is 16.5. The Labute approximate surface area is 108 Å². The molecular formula is C15H32O2. The molecular weight excluding hydrogens is 212 g/mol. The number of hydrogen-bond donors (Lipinski definition) is 0. The highest BCUT2D eigenvalue weighted by Gasteiger charge is 2.08. The van der Waals surface area contributed by atoms with Gasteiger partial charge in [0.25, 0.3) is 0 Å². The van der Waals surface area contributed by atoms with Gasteiger partial charge in [-0.05, 0) is 19.3 Å². The lowest BCUT2D eigenvalue weighted by Crippen LogP contribution is -2.14. The fraction of sp³-hybridized carbons (Fsp3) is 1.00. The van der Waals surface area contributed by atoms with Crippen LogP contribution in [-0.4, -0.2) is 26.4 Å². The molecule has 0 spiro atoms. The Balaban J connectivity index is 3.60. The fourth-order valence-corrected chi connectivity index (χ4v) is 2.01. The predicted molar refractivity (Wildman–Crippen MR) is 74.5 cm³/mol. The van der Waals surface area contributed by atoms with Gasteiger partial charge in [-0.2, -0.15) is 0 Å². The molecule has 0 aliphatic carbocycles. The van der Waals surface area contributed by atoms with E-state index in [9.17, 15) is 0 Å². The molecule has 0 unspecified atom stereocenters. The largest absolute Gasteiger partial charge is 0.385 e. The molecule has 0 aliphatic rings. The minimum absolute atomic E-state index is 0.491. The zero-order valence-corrected chi connectivity index (χ0v) is 12.2. The average molecular weight is 244 g/mol. The van der Waals surface area contributed by atoms with Gasteiger partial charge in [-0.25, -0.2) is 0 Å². The third-order valence-electron chi connectivity index (χ3n) is 3.11. The standard InChI is InChI=1S/C15H32O2/c1-4-6-8-11-15(12-9-7-5-2)17-14-10-13-16-3/h15H,4-14H2,1-3H3. The third kappa shape index (κ3) is 12.2. The van der Waals surface area contributed by atoms with Crippen LogP contribution in [0.3, 0.4) is 0 Å². The molecule has 0 aromatic carbocycles. The minimum atomic E-state index is 0.491. The Morgan fingerprint density at radius 2 is 1.35 bits per heavy atom. The van der Waals surface area contributed by atoms with E-state index in [2.05, 4.69) is 13.8 Å². The van der Waals surface area contributed by atoms with Crippen molar-refractivity contribution in [1.82, 2.24) is 0 Å². The van der Waals surface area contributed by atoms with Gasteiger partial charge in [-0.15, -0.1) is 0 Å². The number of unbranched alkanes of at least 4 members (excludes halogenated alkanes) is 4. The van der Waals surface area contributed by atoms with Crippen molar-refractivity contribution in [3.8, 4) is 0 Å². The Morgan fingerprint density at radius 3 is 1.82 bits per heavy atom. The Hall–Kier alpha value is -0.0800. The van der Waals surface area contributed by atoms with E-state index in [4.69, 9.17) is 9.47 Å². The first-order chi connectivity index (χ1) is 8.35. The summed E-state index contributed by atoms with van der Waals surface area (Å²) in [7, 11) is 1.75. The van der Waals surface area contributed by atoms with E-state index in [-0.39, 0.29) is 0 Å². The van der Waals surface area contributed by atoms with Crippen molar-refractivity contribution in [3.63, 3.8) is 0 Å². The second kappa shape index (κ2) is 14.0. The summed E-state index contributed by atoms with van der Waals surface area (Å²) in [5.74, 6) is 0. The van der Waals surface area contributed by atoms with Crippen LogP contribution < -0.4 is 0 Å². The molecule has 0 saturated heterocycles. The molecule has 0 fully saturated rings. The molecule has 17 heavy (non-hydrogen) atoms. The van der Waals surface area contributed by atoms with Crippen LogP contribution in [-0.2, 0) is 9.47 Å². The van der Waals surface area contributed by atoms with E-state index in [0.717, 1.165) is 19.6 Å². The van der Waals surface area contributed by atoms with Gasteiger partial charge in [-0.3, -0.25) is 0 Å². The molecule has 0 aliphatic heterocycles. The molecule has 0 aromatic heterocycles. The van der Waals surface area contributed by atoms with Crippen LogP contribution in [0.2, 0.25) is 0 Å². The Morgan fingerprint density at radius 1 is 0.765 bits per heavy atom. The third-order valence-corrected chi connectivity index (χ3v) is 3.11. The average Bonchev–Trinajstić information content (AvgIpc) is 2.34. The van der Waals surface area contributed by atoms with Gasteiger partial charge in [0.1, 0.15) is 0 Å². The lowest BCUT2D eigenvalue weighted by Gasteiger charge is -2.17. The van der Waals surface area contributed by atoms with E-state index in [1.165, 1.54) is 51.4 Å². The summed E-state index contributed by atoms with van der Waals surface area (Å²) in [6.07, 6.45) is 11.9. The van der Waals surface area contributed by atoms with Crippen molar-refractivity contribution in [3.05, 3.63) is 0 Å². The van der Waals surface area contributed by atoms with E-state index in [1.54, 1.807) is 7.11 Å². The first kappa shape index (κ1) is 16.9. The van der Waals surface area contributed by atoms with Crippen molar-refractivity contribution in [2.45, 2.75) is 77.7 Å². The van der Waals surface area contributed by atoms with Gasteiger partial charge < -0.3 is 9.47 Å². The number of ether oxygens (including phenoxy) is 2. The number of methoxy groups -OCH3 is 1. The molecule has 0 radical (unpaired) electrons. The molecule has 104 valence electrons. The maximum absolute atomic E-state index is 5.96. The van der Waals surface area contributed by atoms with Crippen LogP contribution >= 0.6 is 0 Å². The fourth-order valence-electron chi connectivity index (χ4n) is 2.01. The van der Waals surface area contributed by atoms with Crippen LogP contribution in [0.1, 0.15) is 71.6 Å². The summed E-state index contributed by atoms with van der Waals surface area (Å²) >= 11 is 0. The molecule has 0 aromatic rings. The summed E-state index contributed by atoms with van der Waals surface area (Å²) in [6.45, 7) is 6.18. The van der Waals surface area contributed by atoms with Crippen LogP contribution in [0.25, 0.3) is 0 Å². The summed E-state index contributed by atoms with van der Waals surface area (Å²) < 4.78 is 11.0. The SMILES string of the molecule is CCCCCC(CCCCC)OCCCOC. The Kier molecular flexibility index (Phi) is 13.9. The highest BCUT2D eigenvalue weighted by molar-refractivity contribution is 4.59. The van der Waals surface area contributed by atoms with Gasteiger partial charge in [0.15, 0.2) is 0 Å². The zero-order valence-electron chi connectivity index (χ0n) is 12.2. The Bertz CT molecular complexity index is 127. The number of hydrogen-bond acceptors (Lipinski definition) is 2. The first-order valence-corrected chi connectivity index (χ1v) is 7.45. The van der Waals surface area contributed by atoms with Crippen LogP contribution in [0.5, 0.6) is 0 Å². The van der Waals surface area contributed by atoms with Crippen molar-refractivity contribution in [2.75, 3.05) is 20.3 Å². The molecule has 0 amide bonds. The van der Waals surface area contributed by atoms with E-state index >= 15 is 0 Å². The first-order valence-electron chi connectivity index (χ1n) is 7.45. The predicted octanol–water partition coefficient (Wildman–Crippen LogP) is 4.57. The van der Waals surface area contributed by atoms with E-state index < -0.39 is 0 Å². The van der Waals surface area contributed by atoms with Gasteiger partial charge in [0, 0.05) is 20.3 Å². The maximum Gasteiger partial charge on any atom is 0.0575 e. The zero-order chi connectivity index (χ0) is 12.8. The molecule has 2 nitrogen and oxygen atoms in total. The lowest BCUT2D eigenvalue weighted by atomic mass is 10.0. The molecule has 0 bridgehead atoms. The van der Waals surface area contributed by atoms with Crippen LogP contribution in [0.15, 0.2) is 0 Å². The smallest absolute Gasteiger partial charge is 0.0575 e. The van der Waals surface area contributed by atoms with Gasteiger partial charge >= 0.3 is 0 Å². The quantitative estimate of drug-likeness (QED) is 0.442. The summed E-state index contributed by atoms with van der Waals surface area (Å²) in [5.41, 5.74) is 0. The second-order valence-electron chi connectivity index (χ2n) is 4.83. The maximum atomic E-state index is 5.96. The van der Waals surface area contributed by atoms with E-state index in [1.807, 2.05) is 0 Å². The molecule has 0 atom stereocenters. The molecule has 0 rings (SSSR count).